The van der Waals surface area contributed by atoms with Crippen molar-refractivity contribution in [3.05, 3.63) is 30.0 Å². The fourth-order valence-electron chi connectivity index (χ4n) is 1.56. The zero-order valence-electron chi connectivity index (χ0n) is 10.9. The molecule has 0 aliphatic heterocycles. The molecule has 2 aromatic rings. The summed E-state index contributed by atoms with van der Waals surface area (Å²) in [4.78, 5) is 11.7. The van der Waals surface area contributed by atoms with Crippen LogP contribution in [0.5, 0.6) is 0 Å². The summed E-state index contributed by atoms with van der Waals surface area (Å²) in [6.45, 7) is 2.43. The average molecular weight is 280 g/mol. The molecule has 0 saturated carbocycles. The molecule has 102 valence electrons. The first-order valence-electron chi connectivity index (χ1n) is 6.01. The second-order valence-corrected chi connectivity index (χ2v) is 4.90. The van der Waals surface area contributed by atoms with Gasteiger partial charge in [0.1, 0.15) is 11.6 Å². The van der Waals surface area contributed by atoms with Gasteiger partial charge in [-0.2, -0.15) is 0 Å². The molecule has 0 radical (unpaired) electrons. The van der Waals surface area contributed by atoms with E-state index in [0.29, 0.717) is 12.3 Å². The van der Waals surface area contributed by atoms with E-state index in [0.717, 1.165) is 23.2 Å². The van der Waals surface area contributed by atoms with Gasteiger partial charge in [-0.25, -0.2) is 0 Å². The molecule has 0 aliphatic rings. The van der Waals surface area contributed by atoms with E-state index in [1.54, 1.807) is 12.3 Å². The van der Waals surface area contributed by atoms with Crippen LogP contribution in [0.4, 0.5) is 0 Å². The molecule has 7 heteroatoms. The van der Waals surface area contributed by atoms with Gasteiger partial charge in [0.05, 0.1) is 18.6 Å². The maximum absolute atomic E-state index is 11.7. The predicted molar refractivity (Wildman–Crippen MR) is 71.7 cm³/mol. The van der Waals surface area contributed by atoms with Crippen LogP contribution in [0, 0.1) is 0 Å². The Bertz CT molecular complexity index is 536. The maximum atomic E-state index is 11.7. The van der Waals surface area contributed by atoms with Crippen molar-refractivity contribution in [2.24, 2.45) is 7.05 Å². The number of carbonyl (C=O) groups is 1. The second-order valence-electron chi connectivity index (χ2n) is 3.96. The van der Waals surface area contributed by atoms with E-state index in [1.807, 2.05) is 24.6 Å². The number of nitrogens with one attached hydrogen (secondary N) is 1. The largest absolute Gasteiger partial charge is 0.467 e. The number of carbonyl (C=O) groups excluding carboxylic acids is 1. The Labute approximate surface area is 115 Å². The van der Waals surface area contributed by atoms with Crippen molar-refractivity contribution in [1.29, 1.82) is 0 Å². The van der Waals surface area contributed by atoms with Gasteiger partial charge in [0, 0.05) is 13.5 Å². The molecule has 0 unspecified atom stereocenters. The SMILES string of the molecule is CCc1nnc(SCC(=O)NCc2ccco2)n1C. The molecule has 0 aliphatic carbocycles. The number of aryl methyl sites for hydroxylation is 1. The lowest BCUT2D eigenvalue weighted by Crippen LogP contribution is -2.24. The molecule has 0 spiro atoms. The molecule has 1 N–H and O–H groups in total. The van der Waals surface area contributed by atoms with Crippen molar-refractivity contribution in [2.75, 3.05) is 5.75 Å². The summed E-state index contributed by atoms with van der Waals surface area (Å²) >= 11 is 1.38. The fraction of sp³-hybridized carbons (Fsp3) is 0.417. The lowest BCUT2D eigenvalue weighted by molar-refractivity contribution is -0.118. The van der Waals surface area contributed by atoms with Gasteiger partial charge in [0.25, 0.3) is 0 Å². The summed E-state index contributed by atoms with van der Waals surface area (Å²) in [6.07, 6.45) is 2.41. The van der Waals surface area contributed by atoms with Crippen molar-refractivity contribution in [2.45, 2.75) is 25.0 Å². The number of aromatic nitrogens is 3. The van der Waals surface area contributed by atoms with Crippen molar-refractivity contribution in [3.63, 3.8) is 0 Å². The first-order chi connectivity index (χ1) is 9.20. The van der Waals surface area contributed by atoms with E-state index < -0.39 is 0 Å². The Hall–Kier alpha value is -1.76. The van der Waals surface area contributed by atoms with Crippen LogP contribution < -0.4 is 5.32 Å². The number of hydrogen-bond donors (Lipinski definition) is 1. The number of hydrogen-bond acceptors (Lipinski definition) is 5. The number of amides is 1. The van der Waals surface area contributed by atoms with E-state index in [-0.39, 0.29) is 5.91 Å². The lowest BCUT2D eigenvalue weighted by atomic mass is 10.4. The van der Waals surface area contributed by atoms with Crippen LogP contribution in [0.1, 0.15) is 18.5 Å². The van der Waals surface area contributed by atoms with E-state index in [9.17, 15) is 4.79 Å². The van der Waals surface area contributed by atoms with Gasteiger partial charge in [-0.3, -0.25) is 4.79 Å². The maximum Gasteiger partial charge on any atom is 0.230 e. The minimum Gasteiger partial charge on any atom is -0.467 e. The van der Waals surface area contributed by atoms with Crippen LogP contribution >= 0.6 is 11.8 Å². The van der Waals surface area contributed by atoms with E-state index in [1.165, 1.54) is 11.8 Å². The number of furan rings is 1. The summed E-state index contributed by atoms with van der Waals surface area (Å²) < 4.78 is 7.04. The van der Waals surface area contributed by atoms with Gasteiger partial charge in [0.2, 0.25) is 5.91 Å². The highest BCUT2D eigenvalue weighted by Gasteiger charge is 2.10. The highest BCUT2D eigenvalue weighted by Crippen LogP contribution is 2.15. The molecule has 6 nitrogen and oxygen atoms in total. The molecule has 2 heterocycles. The number of thioether (sulfide) groups is 1. The van der Waals surface area contributed by atoms with E-state index in [2.05, 4.69) is 15.5 Å². The Morgan fingerprint density at radius 1 is 1.53 bits per heavy atom. The van der Waals surface area contributed by atoms with Crippen LogP contribution in [0.3, 0.4) is 0 Å². The highest BCUT2D eigenvalue weighted by molar-refractivity contribution is 7.99. The normalized spacial score (nSPS) is 10.6. The van der Waals surface area contributed by atoms with Crippen LogP contribution in [-0.4, -0.2) is 26.4 Å². The van der Waals surface area contributed by atoms with Crippen molar-refractivity contribution in [1.82, 2.24) is 20.1 Å². The third-order valence-corrected chi connectivity index (χ3v) is 3.63. The van der Waals surface area contributed by atoms with Crippen LogP contribution in [-0.2, 0) is 24.8 Å². The van der Waals surface area contributed by atoms with Gasteiger partial charge in [-0.15, -0.1) is 10.2 Å². The zero-order valence-corrected chi connectivity index (χ0v) is 11.7. The van der Waals surface area contributed by atoms with E-state index in [4.69, 9.17) is 4.42 Å². The quantitative estimate of drug-likeness (QED) is 0.809. The molecule has 19 heavy (non-hydrogen) atoms. The third kappa shape index (κ3) is 3.60. The van der Waals surface area contributed by atoms with Crippen molar-refractivity contribution < 1.29 is 9.21 Å². The predicted octanol–water partition coefficient (Wildman–Crippen LogP) is 1.38. The minimum atomic E-state index is -0.0533. The van der Waals surface area contributed by atoms with Crippen LogP contribution in [0.25, 0.3) is 0 Å². The second kappa shape index (κ2) is 6.42. The molecular formula is C12H16N4O2S. The molecule has 2 aromatic heterocycles. The van der Waals surface area contributed by atoms with Gasteiger partial charge in [0.15, 0.2) is 5.16 Å². The summed E-state index contributed by atoms with van der Waals surface area (Å²) in [6, 6.07) is 3.62. The van der Waals surface area contributed by atoms with Gasteiger partial charge >= 0.3 is 0 Å². The molecule has 0 atom stereocenters. The molecule has 0 fully saturated rings. The topological polar surface area (TPSA) is 73.0 Å². The summed E-state index contributed by atoms with van der Waals surface area (Å²) in [5.74, 6) is 1.92. The monoisotopic (exact) mass is 280 g/mol. The van der Waals surface area contributed by atoms with Gasteiger partial charge < -0.3 is 14.3 Å². The first-order valence-corrected chi connectivity index (χ1v) is 6.99. The summed E-state index contributed by atoms with van der Waals surface area (Å²) in [5, 5.41) is 11.6. The van der Waals surface area contributed by atoms with Gasteiger partial charge in [-0.05, 0) is 12.1 Å². The van der Waals surface area contributed by atoms with Crippen LogP contribution in [0.2, 0.25) is 0 Å². The Kier molecular flexibility index (Phi) is 4.62. The Morgan fingerprint density at radius 2 is 2.37 bits per heavy atom. The molecule has 2 rings (SSSR count). The zero-order chi connectivity index (χ0) is 13.7. The fourth-order valence-corrected chi connectivity index (χ4v) is 2.32. The highest BCUT2D eigenvalue weighted by atomic mass is 32.2. The minimum absolute atomic E-state index is 0.0533. The smallest absolute Gasteiger partial charge is 0.230 e. The Morgan fingerprint density at radius 3 is 3.00 bits per heavy atom. The molecule has 1 amide bonds. The van der Waals surface area contributed by atoms with Gasteiger partial charge in [-0.1, -0.05) is 18.7 Å². The lowest BCUT2D eigenvalue weighted by Gasteiger charge is -2.03. The van der Waals surface area contributed by atoms with Crippen LogP contribution in [0.15, 0.2) is 28.0 Å². The molecular weight excluding hydrogens is 264 g/mol. The van der Waals surface area contributed by atoms with Crippen molar-refractivity contribution >= 4 is 17.7 Å². The Balaban J connectivity index is 1.78. The third-order valence-electron chi connectivity index (χ3n) is 2.61. The number of nitrogens with zero attached hydrogens (tertiary/aromatic N) is 3. The molecule has 0 bridgehead atoms. The van der Waals surface area contributed by atoms with E-state index >= 15 is 0 Å². The summed E-state index contributed by atoms with van der Waals surface area (Å²) in [7, 11) is 1.90. The van der Waals surface area contributed by atoms with Crippen molar-refractivity contribution in [3.8, 4) is 0 Å². The first kappa shape index (κ1) is 13.7. The summed E-state index contributed by atoms with van der Waals surface area (Å²) in [5.41, 5.74) is 0. The molecule has 0 saturated heterocycles. The number of rotatable bonds is 6. The molecule has 0 aromatic carbocycles. The average Bonchev–Trinajstić information content (AvgIpc) is 3.04. The standard InChI is InChI=1S/C12H16N4O2S/c1-3-10-14-15-12(16(10)2)19-8-11(17)13-7-9-5-4-6-18-9/h4-6H,3,7-8H2,1-2H3,(H,13,17).